The van der Waals surface area contributed by atoms with Crippen molar-refractivity contribution >= 4 is 0 Å². The fourth-order valence-electron chi connectivity index (χ4n) is 3.58. The molecule has 1 aromatic carbocycles. The summed E-state index contributed by atoms with van der Waals surface area (Å²) in [5.41, 5.74) is 1.96. The standard InChI is InChI=1S/C19H31N/c1-15(2)13-18(16-9-6-5-7-10-16)20-17-11-8-12-19(3,4)14-17/h5-7,9-10,15,17-18,20H,8,11-14H2,1-4H3. The van der Waals surface area contributed by atoms with Crippen LogP contribution in [0.4, 0.5) is 0 Å². The molecule has 0 bridgehead atoms. The van der Waals surface area contributed by atoms with E-state index in [0.29, 0.717) is 17.5 Å². The van der Waals surface area contributed by atoms with E-state index in [-0.39, 0.29) is 0 Å². The summed E-state index contributed by atoms with van der Waals surface area (Å²) in [5.74, 6) is 0.726. The van der Waals surface area contributed by atoms with Gasteiger partial charge in [-0.2, -0.15) is 0 Å². The molecule has 1 fully saturated rings. The number of hydrogen-bond donors (Lipinski definition) is 1. The normalized spacial score (nSPS) is 23.8. The Balaban J connectivity index is 2.04. The van der Waals surface area contributed by atoms with Gasteiger partial charge in [0.2, 0.25) is 0 Å². The molecule has 20 heavy (non-hydrogen) atoms. The Morgan fingerprint density at radius 1 is 1.20 bits per heavy atom. The van der Waals surface area contributed by atoms with Crippen molar-refractivity contribution in [3.8, 4) is 0 Å². The molecule has 112 valence electrons. The molecule has 0 aliphatic heterocycles. The van der Waals surface area contributed by atoms with Crippen molar-refractivity contribution in [1.29, 1.82) is 0 Å². The topological polar surface area (TPSA) is 12.0 Å². The van der Waals surface area contributed by atoms with Gasteiger partial charge in [-0.3, -0.25) is 0 Å². The van der Waals surface area contributed by atoms with Gasteiger partial charge in [-0.15, -0.1) is 0 Å². The van der Waals surface area contributed by atoms with Gasteiger partial charge in [0.15, 0.2) is 0 Å². The van der Waals surface area contributed by atoms with E-state index >= 15 is 0 Å². The fourth-order valence-corrected chi connectivity index (χ4v) is 3.58. The van der Waals surface area contributed by atoms with E-state index in [9.17, 15) is 0 Å². The monoisotopic (exact) mass is 273 g/mol. The summed E-state index contributed by atoms with van der Waals surface area (Å²) < 4.78 is 0. The van der Waals surface area contributed by atoms with Gasteiger partial charge in [-0.25, -0.2) is 0 Å². The molecule has 0 saturated heterocycles. The Morgan fingerprint density at radius 3 is 2.50 bits per heavy atom. The number of nitrogens with one attached hydrogen (secondary N) is 1. The van der Waals surface area contributed by atoms with E-state index in [2.05, 4.69) is 63.3 Å². The molecule has 1 aliphatic rings. The molecule has 2 atom stereocenters. The summed E-state index contributed by atoms with van der Waals surface area (Å²) in [6.07, 6.45) is 6.62. The van der Waals surface area contributed by atoms with Crippen LogP contribution in [0.25, 0.3) is 0 Å². The average Bonchev–Trinajstić information content (AvgIpc) is 2.37. The maximum atomic E-state index is 3.96. The van der Waals surface area contributed by atoms with Gasteiger partial charge in [0, 0.05) is 12.1 Å². The van der Waals surface area contributed by atoms with Crippen LogP contribution in [-0.2, 0) is 0 Å². The van der Waals surface area contributed by atoms with Crippen molar-refractivity contribution in [2.24, 2.45) is 11.3 Å². The molecule has 1 N–H and O–H groups in total. The first-order chi connectivity index (χ1) is 9.46. The van der Waals surface area contributed by atoms with Crippen LogP contribution in [0.2, 0.25) is 0 Å². The maximum absolute atomic E-state index is 3.96. The van der Waals surface area contributed by atoms with Crippen LogP contribution in [-0.4, -0.2) is 6.04 Å². The van der Waals surface area contributed by atoms with Crippen LogP contribution in [0.1, 0.15) is 71.4 Å². The second-order valence-electron chi connectivity index (χ2n) is 7.72. The van der Waals surface area contributed by atoms with Crippen molar-refractivity contribution < 1.29 is 0 Å². The van der Waals surface area contributed by atoms with E-state index in [4.69, 9.17) is 0 Å². The quantitative estimate of drug-likeness (QED) is 0.764. The van der Waals surface area contributed by atoms with Gasteiger partial charge in [-0.05, 0) is 42.6 Å². The van der Waals surface area contributed by atoms with E-state index in [1.807, 2.05) is 0 Å². The Morgan fingerprint density at radius 2 is 1.90 bits per heavy atom. The summed E-state index contributed by atoms with van der Waals surface area (Å²) in [6.45, 7) is 9.48. The molecule has 1 nitrogen and oxygen atoms in total. The van der Waals surface area contributed by atoms with Crippen molar-refractivity contribution in [3.63, 3.8) is 0 Å². The zero-order valence-electron chi connectivity index (χ0n) is 13.7. The van der Waals surface area contributed by atoms with Crippen LogP contribution in [0.15, 0.2) is 30.3 Å². The van der Waals surface area contributed by atoms with E-state index < -0.39 is 0 Å². The first kappa shape index (κ1) is 15.6. The van der Waals surface area contributed by atoms with Crippen molar-refractivity contribution in [2.75, 3.05) is 0 Å². The average molecular weight is 273 g/mol. The van der Waals surface area contributed by atoms with E-state index in [1.54, 1.807) is 0 Å². The third kappa shape index (κ3) is 4.63. The maximum Gasteiger partial charge on any atom is 0.0325 e. The molecule has 2 unspecified atom stereocenters. The molecule has 0 heterocycles. The van der Waals surface area contributed by atoms with Gasteiger partial charge in [0.25, 0.3) is 0 Å². The highest BCUT2D eigenvalue weighted by Crippen LogP contribution is 2.36. The molecular formula is C19H31N. The highest BCUT2D eigenvalue weighted by Gasteiger charge is 2.29. The third-order valence-corrected chi connectivity index (χ3v) is 4.55. The fraction of sp³-hybridized carbons (Fsp3) is 0.684. The lowest BCUT2D eigenvalue weighted by Gasteiger charge is -2.38. The number of benzene rings is 1. The largest absolute Gasteiger partial charge is 0.307 e. The second-order valence-corrected chi connectivity index (χ2v) is 7.72. The van der Waals surface area contributed by atoms with Crippen LogP contribution in [0.5, 0.6) is 0 Å². The van der Waals surface area contributed by atoms with E-state index in [0.717, 1.165) is 5.92 Å². The molecular weight excluding hydrogens is 242 g/mol. The predicted octanol–water partition coefficient (Wildman–Crippen LogP) is 5.33. The molecule has 0 spiro atoms. The SMILES string of the molecule is CC(C)CC(NC1CCCC(C)(C)C1)c1ccccc1. The van der Waals surface area contributed by atoms with Crippen molar-refractivity contribution in [3.05, 3.63) is 35.9 Å². The lowest BCUT2D eigenvalue weighted by molar-refractivity contribution is 0.185. The van der Waals surface area contributed by atoms with Gasteiger partial charge in [0.05, 0.1) is 0 Å². The Bertz CT molecular complexity index is 393. The van der Waals surface area contributed by atoms with E-state index in [1.165, 1.54) is 37.7 Å². The van der Waals surface area contributed by atoms with Crippen LogP contribution in [0, 0.1) is 11.3 Å². The zero-order valence-corrected chi connectivity index (χ0v) is 13.7. The van der Waals surface area contributed by atoms with Crippen molar-refractivity contribution in [2.45, 2.75) is 71.9 Å². The summed E-state index contributed by atoms with van der Waals surface area (Å²) >= 11 is 0. The molecule has 0 amide bonds. The minimum atomic E-state index is 0.509. The predicted molar refractivity (Wildman–Crippen MR) is 87.8 cm³/mol. The first-order valence-electron chi connectivity index (χ1n) is 8.27. The lowest BCUT2D eigenvalue weighted by atomic mass is 9.75. The Labute approximate surface area is 125 Å². The zero-order chi connectivity index (χ0) is 14.6. The first-order valence-corrected chi connectivity index (χ1v) is 8.27. The van der Waals surface area contributed by atoms with Crippen LogP contribution < -0.4 is 5.32 Å². The van der Waals surface area contributed by atoms with Gasteiger partial charge in [0.1, 0.15) is 0 Å². The summed E-state index contributed by atoms with van der Waals surface area (Å²) in [4.78, 5) is 0. The molecule has 2 rings (SSSR count). The molecule has 1 heteroatoms. The third-order valence-electron chi connectivity index (χ3n) is 4.55. The minimum absolute atomic E-state index is 0.509. The van der Waals surface area contributed by atoms with Crippen LogP contribution >= 0.6 is 0 Å². The minimum Gasteiger partial charge on any atom is -0.307 e. The molecule has 0 aromatic heterocycles. The Hall–Kier alpha value is -0.820. The Kier molecular flexibility index (Phi) is 5.26. The molecule has 1 saturated carbocycles. The second kappa shape index (κ2) is 6.76. The molecule has 0 radical (unpaired) electrons. The number of hydrogen-bond acceptors (Lipinski definition) is 1. The highest BCUT2D eigenvalue weighted by molar-refractivity contribution is 5.19. The number of rotatable bonds is 5. The molecule has 1 aliphatic carbocycles. The lowest BCUT2D eigenvalue weighted by Crippen LogP contribution is -2.39. The highest BCUT2D eigenvalue weighted by atomic mass is 15.0. The van der Waals surface area contributed by atoms with Gasteiger partial charge >= 0.3 is 0 Å². The van der Waals surface area contributed by atoms with Gasteiger partial charge in [-0.1, -0.05) is 64.4 Å². The molecule has 1 aromatic rings. The summed E-state index contributed by atoms with van der Waals surface area (Å²) in [5, 5.41) is 3.96. The van der Waals surface area contributed by atoms with Gasteiger partial charge < -0.3 is 5.32 Å². The summed E-state index contributed by atoms with van der Waals surface area (Å²) in [6, 6.07) is 12.2. The van der Waals surface area contributed by atoms with Crippen LogP contribution in [0.3, 0.4) is 0 Å². The van der Waals surface area contributed by atoms with Crippen molar-refractivity contribution in [1.82, 2.24) is 5.32 Å². The summed E-state index contributed by atoms with van der Waals surface area (Å²) in [7, 11) is 0. The smallest absolute Gasteiger partial charge is 0.0325 e.